The summed E-state index contributed by atoms with van der Waals surface area (Å²) in [5, 5.41) is 13.6. The number of amides is 1. The number of methoxy groups -OCH3 is 1. The summed E-state index contributed by atoms with van der Waals surface area (Å²) >= 11 is 1.13. The number of nitrogens with zero attached hydrogens (tertiary/aromatic N) is 2. The molecule has 8 nitrogen and oxygen atoms in total. The number of nitrogens with one attached hydrogen (secondary N) is 1. The molecular formula is C15H15N3O5S. The molecule has 1 aliphatic rings. The minimum absolute atomic E-state index is 0.0962. The average molecular weight is 349 g/mol. The molecule has 1 heterocycles. The summed E-state index contributed by atoms with van der Waals surface area (Å²) in [6.45, 7) is 2.98. The van der Waals surface area contributed by atoms with Crippen LogP contribution < -0.4 is 5.32 Å². The van der Waals surface area contributed by atoms with Crippen LogP contribution in [-0.2, 0) is 14.3 Å². The summed E-state index contributed by atoms with van der Waals surface area (Å²) < 4.78 is 4.79. The van der Waals surface area contributed by atoms with E-state index in [0.717, 1.165) is 11.8 Å². The summed E-state index contributed by atoms with van der Waals surface area (Å²) in [7, 11) is 1.25. The van der Waals surface area contributed by atoms with Crippen LogP contribution in [0.1, 0.15) is 19.4 Å². The van der Waals surface area contributed by atoms with Crippen molar-refractivity contribution < 1.29 is 19.2 Å². The van der Waals surface area contributed by atoms with Gasteiger partial charge in [0.25, 0.3) is 5.69 Å². The van der Waals surface area contributed by atoms with Gasteiger partial charge in [0, 0.05) is 24.0 Å². The van der Waals surface area contributed by atoms with Crippen molar-refractivity contribution in [1.29, 1.82) is 0 Å². The number of hydrogen-bond acceptors (Lipinski definition) is 7. The van der Waals surface area contributed by atoms with E-state index in [4.69, 9.17) is 4.74 Å². The standard InChI is InChI=1S/C15H15N3O5S/c1-8-12(14(20)23-3)13(24-15(16-8)17-9(2)19)10-5-4-6-11(7-10)18(21)22/h4-7,15H,1-3H3,(H,17,19). The van der Waals surface area contributed by atoms with E-state index < -0.39 is 16.4 Å². The highest BCUT2D eigenvalue weighted by Gasteiger charge is 2.29. The van der Waals surface area contributed by atoms with Crippen LogP contribution in [0.5, 0.6) is 0 Å². The van der Waals surface area contributed by atoms with Gasteiger partial charge in [0.1, 0.15) is 0 Å². The van der Waals surface area contributed by atoms with Gasteiger partial charge in [0.15, 0.2) is 5.50 Å². The number of nitro groups is 1. The van der Waals surface area contributed by atoms with E-state index >= 15 is 0 Å². The fourth-order valence-corrected chi connectivity index (χ4v) is 3.42. The zero-order chi connectivity index (χ0) is 17.9. The summed E-state index contributed by atoms with van der Waals surface area (Å²) in [4.78, 5) is 38.6. The van der Waals surface area contributed by atoms with Crippen molar-refractivity contribution in [1.82, 2.24) is 5.32 Å². The lowest BCUT2D eigenvalue weighted by Crippen LogP contribution is -2.32. The predicted molar refractivity (Wildman–Crippen MR) is 90.3 cm³/mol. The fraction of sp³-hybridized carbons (Fsp3) is 0.267. The molecule has 0 saturated heterocycles. The number of benzene rings is 1. The highest BCUT2D eigenvalue weighted by molar-refractivity contribution is 8.09. The first-order valence-corrected chi connectivity index (χ1v) is 7.77. The lowest BCUT2D eigenvalue weighted by atomic mass is 10.1. The molecule has 24 heavy (non-hydrogen) atoms. The Morgan fingerprint density at radius 2 is 2.12 bits per heavy atom. The van der Waals surface area contributed by atoms with E-state index in [1.165, 1.54) is 32.2 Å². The van der Waals surface area contributed by atoms with Gasteiger partial charge in [-0.3, -0.25) is 19.9 Å². The van der Waals surface area contributed by atoms with Gasteiger partial charge in [-0.1, -0.05) is 23.9 Å². The van der Waals surface area contributed by atoms with Crippen LogP contribution in [0.2, 0.25) is 0 Å². The average Bonchev–Trinajstić information content (AvgIpc) is 2.53. The van der Waals surface area contributed by atoms with Crippen LogP contribution in [0.15, 0.2) is 34.8 Å². The maximum atomic E-state index is 12.1. The Hall–Kier alpha value is -2.68. The number of aliphatic imine (C=N–C) groups is 1. The van der Waals surface area contributed by atoms with E-state index in [1.807, 2.05) is 0 Å². The first kappa shape index (κ1) is 17.7. The van der Waals surface area contributed by atoms with Crippen molar-refractivity contribution in [3.05, 3.63) is 45.5 Å². The number of hydrogen-bond donors (Lipinski definition) is 1. The van der Waals surface area contributed by atoms with Crippen LogP contribution in [-0.4, -0.2) is 35.1 Å². The first-order chi connectivity index (χ1) is 11.3. The molecule has 9 heteroatoms. The van der Waals surface area contributed by atoms with Gasteiger partial charge in [-0.05, 0) is 12.5 Å². The van der Waals surface area contributed by atoms with Crippen molar-refractivity contribution in [2.45, 2.75) is 19.3 Å². The number of ether oxygens (including phenoxy) is 1. The molecule has 1 atom stereocenters. The highest BCUT2D eigenvalue weighted by atomic mass is 32.2. The van der Waals surface area contributed by atoms with E-state index in [9.17, 15) is 19.7 Å². The van der Waals surface area contributed by atoms with Crippen LogP contribution in [0.4, 0.5) is 5.69 Å². The Morgan fingerprint density at radius 1 is 1.42 bits per heavy atom. The zero-order valence-corrected chi connectivity index (χ0v) is 14.0. The van der Waals surface area contributed by atoms with Gasteiger partial charge < -0.3 is 10.1 Å². The molecule has 0 saturated carbocycles. The lowest BCUT2D eigenvalue weighted by Gasteiger charge is -2.23. The molecule has 1 unspecified atom stereocenters. The summed E-state index contributed by atoms with van der Waals surface area (Å²) in [6, 6.07) is 5.92. The third-order valence-corrected chi connectivity index (χ3v) is 4.29. The van der Waals surface area contributed by atoms with Crippen LogP contribution in [0.3, 0.4) is 0 Å². The molecule has 0 aromatic heterocycles. The van der Waals surface area contributed by atoms with Gasteiger partial charge in [0.05, 0.1) is 23.3 Å². The number of nitro benzene ring substituents is 1. The van der Waals surface area contributed by atoms with Gasteiger partial charge in [-0.2, -0.15) is 0 Å². The number of carbonyl (C=O) groups excluding carboxylic acids is 2. The smallest absolute Gasteiger partial charge is 0.340 e. The van der Waals surface area contributed by atoms with Gasteiger partial charge in [-0.25, -0.2) is 4.79 Å². The second-order valence-corrected chi connectivity index (χ2v) is 5.98. The predicted octanol–water partition coefficient (Wildman–Crippen LogP) is 2.11. The number of rotatable bonds is 4. The molecule has 0 fully saturated rings. The van der Waals surface area contributed by atoms with E-state index in [-0.39, 0.29) is 17.2 Å². The van der Waals surface area contributed by atoms with E-state index in [2.05, 4.69) is 10.3 Å². The van der Waals surface area contributed by atoms with E-state index in [0.29, 0.717) is 16.2 Å². The lowest BCUT2D eigenvalue weighted by molar-refractivity contribution is -0.384. The topological polar surface area (TPSA) is 111 Å². The van der Waals surface area contributed by atoms with Crippen LogP contribution in [0.25, 0.3) is 4.91 Å². The zero-order valence-electron chi connectivity index (χ0n) is 13.2. The molecule has 1 amide bonds. The fourth-order valence-electron chi connectivity index (χ4n) is 2.15. The maximum Gasteiger partial charge on any atom is 0.340 e. The molecule has 0 bridgehead atoms. The van der Waals surface area contributed by atoms with Crippen LogP contribution >= 0.6 is 11.8 Å². The van der Waals surface area contributed by atoms with Crippen LogP contribution in [0, 0.1) is 10.1 Å². The Kier molecular flexibility index (Phi) is 5.35. The van der Waals surface area contributed by atoms with E-state index in [1.54, 1.807) is 13.0 Å². The summed E-state index contributed by atoms with van der Waals surface area (Å²) in [6.07, 6.45) is 0. The van der Waals surface area contributed by atoms with Crippen molar-refractivity contribution >= 4 is 39.9 Å². The molecular weight excluding hydrogens is 334 g/mol. The molecule has 0 radical (unpaired) electrons. The summed E-state index contributed by atoms with van der Waals surface area (Å²) in [5.74, 6) is -0.865. The Balaban J connectivity index is 2.56. The second kappa shape index (κ2) is 7.26. The van der Waals surface area contributed by atoms with Crippen molar-refractivity contribution in [2.75, 3.05) is 7.11 Å². The molecule has 2 rings (SSSR count). The third kappa shape index (κ3) is 3.80. The van der Waals surface area contributed by atoms with Gasteiger partial charge >= 0.3 is 5.97 Å². The summed E-state index contributed by atoms with van der Waals surface area (Å²) in [5.41, 5.74) is 0.385. The minimum Gasteiger partial charge on any atom is -0.465 e. The van der Waals surface area contributed by atoms with Crippen molar-refractivity contribution in [3.63, 3.8) is 0 Å². The molecule has 1 N–H and O–H groups in total. The number of non-ortho nitro benzene ring substituents is 1. The molecule has 126 valence electrons. The van der Waals surface area contributed by atoms with Crippen molar-refractivity contribution in [3.8, 4) is 0 Å². The Labute approximate surface area is 142 Å². The van der Waals surface area contributed by atoms with Gasteiger partial charge in [0.2, 0.25) is 5.91 Å². The highest BCUT2D eigenvalue weighted by Crippen LogP contribution is 2.39. The normalized spacial score (nSPS) is 17.1. The minimum atomic E-state index is -0.620. The SMILES string of the molecule is COC(=O)C1=C(c2cccc([N+](=O)[O-])c2)SC(NC(C)=O)N=C1C. The largest absolute Gasteiger partial charge is 0.465 e. The monoisotopic (exact) mass is 349 g/mol. The second-order valence-electron chi connectivity index (χ2n) is 4.89. The Morgan fingerprint density at radius 3 is 2.71 bits per heavy atom. The molecule has 1 aliphatic heterocycles. The maximum absolute atomic E-state index is 12.1. The Bertz CT molecular complexity index is 772. The molecule has 1 aromatic rings. The number of thioether (sulfide) groups is 1. The van der Waals surface area contributed by atoms with Crippen molar-refractivity contribution in [2.24, 2.45) is 4.99 Å². The van der Waals surface area contributed by atoms with Gasteiger partial charge in [-0.15, -0.1) is 0 Å². The molecule has 0 aliphatic carbocycles. The quantitative estimate of drug-likeness (QED) is 0.506. The first-order valence-electron chi connectivity index (χ1n) is 6.89. The number of esters is 1. The number of carbonyl (C=O) groups is 2. The molecule has 0 spiro atoms. The third-order valence-electron chi connectivity index (χ3n) is 3.16. The molecule has 1 aromatic carbocycles.